The van der Waals surface area contributed by atoms with Crippen LogP contribution in [0.1, 0.15) is 28.2 Å². The highest BCUT2D eigenvalue weighted by atomic mass is 19.1. The number of nitrogens with one attached hydrogen (secondary N) is 3. The second-order valence-electron chi connectivity index (χ2n) is 5.67. The Hall–Kier alpha value is -2.63. The smallest absolute Gasteiger partial charge is 0.267 e. The first-order valence-electron chi connectivity index (χ1n) is 7.30. The van der Waals surface area contributed by atoms with Crippen molar-refractivity contribution in [2.75, 3.05) is 0 Å². The normalized spacial score (nSPS) is 17.4. The van der Waals surface area contributed by atoms with Crippen LogP contribution in [0, 0.1) is 5.82 Å². The first kappa shape index (κ1) is 13.1. The van der Waals surface area contributed by atoms with Gasteiger partial charge < -0.3 is 10.3 Å². The molecule has 0 saturated carbocycles. The van der Waals surface area contributed by atoms with Gasteiger partial charge >= 0.3 is 0 Å². The number of rotatable bonds is 2. The lowest BCUT2D eigenvalue weighted by Crippen LogP contribution is -2.38. The molecule has 1 unspecified atom stereocenters. The summed E-state index contributed by atoms with van der Waals surface area (Å²) in [5, 5.41) is 10.5. The van der Waals surface area contributed by atoms with E-state index < -0.39 is 0 Å². The van der Waals surface area contributed by atoms with Gasteiger partial charge in [-0.3, -0.25) is 9.89 Å². The van der Waals surface area contributed by atoms with Gasteiger partial charge in [0.15, 0.2) is 0 Å². The quantitative estimate of drug-likeness (QED) is 0.679. The van der Waals surface area contributed by atoms with Gasteiger partial charge in [0.2, 0.25) is 0 Å². The van der Waals surface area contributed by atoms with E-state index >= 15 is 0 Å². The predicted octanol–water partition coefficient (Wildman–Crippen LogP) is 2.32. The van der Waals surface area contributed by atoms with Gasteiger partial charge in [0.25, 0.3) is 5.91 Å². The van der Waals surface area contributed by atoms with Crippen molar-refractivity contribution in [3.63, 3.8) is 0 Å². The Labute approximate surface area is 125 Å². The molecular weight excluding hydrogens is 283 g/mol. The van der Waals surface area contributed by atoms with E-state index in [1.54, 1.807) is 18.2 Å². The summed E-state index contributed by atoms with van der Waals surface area (Å²) in [6.45, 7) is 0. The van der Waals surface area contributed by atoms with Crippen molar-refractivity contribution < 1.29 is 9.18 Å². The number of halogens is 1. The maximum atomic E-state index is 13.7. The second-order valence-corrected chi connectivity index (χ2v) is 5.67. The van der Waals surface area contributed by atoms with Crippen molar-refractivity contribution in [1.82, 2.24) is 20.5 Å². The van der Waals surface area contributed by atoms with Crippen LogP contribution in [0.2, 0.25) is 0 Å². The van der Waals surface area contributed by atoms with Crippen LogP contribution in [0.25, 0.3) is 10.9 Å². The molecule has 0 saturated heterocycles. The molecule has 1 atom stereocenters. The number of aromatic nitrogens is 3. The van der Waals surface area contributed by atoms with Crippen molar-refractivity contribution in [1.29, 1.82) is 0 Å². The van der Waals surface area contributed by atoms with Gasteiger partial charge in [-0.1, -0.05) is 6.07 Å². The molecule has 4 rings (SSSR count). The van der Waals surface area contributed by atoms with Crippen LogP contribution >= 0.6 is 0 Å². The maximum Gasteiger partial charge on any atom is 0.267 e. The molecule has 0 aliphatic heterocycles. The van der Waals surface area contributed by atoms with E-state index in [0.29, 0.717) is 16.6 Å². The van der Waals surface area contributed by atoms with Gasteiger partial charge in [-0.25, -0.2) is 4.39 Å². The first-order valence-corrected chi connectivity index (χ1v) is 7.30. The Morgan fingerprint density at radius 3 is 3.18 bits per heavy atom. The maximum absolute atomic E-state index is 13.7. The molecule has 1 amide bonds. The van der Waals surface area contributed by atoms with Crippen LogP contribution < -0.4 is 5.32 Å². The predicted molar refractivity (Wildman–Crippen MR) is 80.1 cm³/mol. The molecule has 1 aliphatic carbocycles. The van der Waals surface area contributed by atoms with Crippen molar-refractivity contribution in [3.05, 3.63) is 53.2 Å². The van der Waals surface area contributed by atoms with Gasteiger partial charge in [0, 0.05) is 22.6 Å². The van der Waals surface area contributed by atoms with E-state index in [0.717, 1.165) is 30.5 Å². The van der Waals surface area contributed by atoms with Crippen LogP contribution in [-0.2, 0) is 12.8 Å². The van der Waals surface area contributed by atoms with Crippen molar-refractivity contribution in [3.8, 4) is 0 Å². The molecule has 2 aromatic heterocycles. The Morgan fingerprint density at radius 1 is 1.41 bits per heavy atom. The highest BCUT2D eigenvalue weighted by Gasteiger charge is 2.22. The summed E-state index contributed by atoms with van der Waals surface area (Å²) in [6.07, 6.45) is 4.33. The highest BCUT2D eigenvalue weighted by Crippen LogP contribution is 2.21. The molecule has 22 heavy (non-hydrogen) atoms. The summed E-state index contributed by atoms with van der Waals surface area (Å²) in [5.74, 6) is -0.527. The monoisotopic (exact) mass is 298 g/mol. The number of carbonyl (C=O) groups excluding carboxylic acids is 1. The number of nitrogens with zero attached hydrogens (tertiary/aromatic N) is 1. The fourth-order valence-corrected chi connectivity index (χ4v) is 3.04. The van der Waals surface area contributed by atoms with Crippen molar-refractivity contribution >= 4 is 16.8 Å². The van der Waals surface area contributed by atoms with E-state index in [4.69, 9.17) is 0 Å². The van der Waals surface area contributed by atoms with Crippen molar-refractivity contribution in [2.45, 2.75) is 25.3 Å². The number of benzene rings is 1. The van der Waals surface area contributed by atoms with E-state index in [2.05, 4.69) is 20.5 Å². The van der Waals surface area contributed by atoms with E-state index in [-0.39, 0.29) is 17.8 Å². The topological polar surface area (TPSA) is 73.6 Å². The Balaban J connectivity index is 1.53. The number of aryl methyl sites for hydroxylation is 1. The Kier molecular flexibility index (Phi) is 2.96. The highest BCUT2D eigenvalue weighted by molar-refractivity contribution is 5.98. The molecule has 0 spiro atoms. The lowest BCUT2D eigenvalue weighted by molar-refractivity contribution is 0.0929. The lowest BCUT2D eigenvalue weighted by atomic mass is 9.93. The molecule has 2 heterocycles. The Bertz CT molecular complexity index is 851. The molecule has 1 aromatic carbocycles. The summed E-state index contributed by atoms with van der Waals surface area (Å²) in [7, 11) is 0. The number of carbonyl (C=O) groups is 1. The standard InChI is InChI=1S/C16H15FN4O/c17-12-2-1-3-14-11(12)7-15(20-14)16(22)19-10-4-5-13-9(6-10)8-18-21-13/h1-3,7-8,10,20H,4-6H2,(H,18,21)(H,19,22). The molecule has 1 aliphatic rings. The van der Waals surface area contributed by atoms with Gasteiger partial charge in [0.1, 0.15) is 11.5 Å². The molecular formula is C16H15FN4O. The van der Waals surface area contributed by atoms with E-state index in [1.807, 2.05) is 6.20 Å². The first-order chi connectivity index (χ1) is 10.7. The van der Waals surface area contributed by atoms with Crippen molar-refractivity contribution in [2.24, 2.45) is 0 Å². The fraction of sp³-hybridized carbons (Fsp3) is 0.250. The third kappa shape index (κ3) is 2.16. The lowest BCUT2D eigenvalue weighted by Gasteiger charge is -2.22. The largest absolute Gasteiger partial charge is 0.350 e. The number of H-pyrrole nitrogens is 2. The average Bonchev–Trinajstić information content (AvgIpc) is 3.13. The summed E-state index contributed by atoms with van der Waals surface area (Å²) in [5.41, 5.74) is 3.32. The summed E-state index contributed by atoms with van der Waals surface area (Å²) in [4.78, 5) is 15.3. The SMILES string of the molecule is O=C(NC1CCc2[nH]ncc2C1)c1cc2c(F)cccc2[nH]1. The van der Waals surface area contributed by atoms with Gasteiger partial charge in [-0.05, 0) is 43.0 Å². The molecule has 0 bridgehead atoms. The third-order valence-electron chi connectivity index (χ3n) is 4.21. The third-order valence-corrected chi connectivity index (χ3v) is 4.21. The minimum atomic E-state index is -0.325. The molecule has 6 heteroatoms. The number of aromatic amines is 2. The number of fused-ring (bicyclic) bond motifs is 2. The number of hydrogen-bond acceptors (Lipinski definition) is 2. The summed E-state index contributed by atoms with van der Waals surface area (Å²) in [6, 6.07) is 6.41. The van der Waals surface area contributed by atoms with Gasteiger partial charge in [-0.15, -0.1) is 0 Å². The Morgan fingerprint density at radius 2 is 2.32 bits per heavy atom. The fourth-order valence-electron chi connectivity index (χ4n) is 3.04. The molecule has 5 nitrogen and oxygen atoms in total. The minimum absolute atomic E-state index is 0.0776. The van der Waals surface area contributed by atoms with Crippen LogP contribution in [0.3, 0.4) is 0 Å². The molecule has 3 aromatic rings. The molecule has 0 radical (unpaired) electrons. The summed E-state index contributed by atoms with van der Waals surface area (Å²) >= 11 is 0. The van der Waals surface area contributed by atoms with Crippen LogP contribution in [-0.4, -0.2) is 27.1 Å². The zero-order valence-electron chi connectivity index (χ0n) is 11.8. The molecule has 0 fully saturated rings. The van der Waals surface area contributed by atoms with Gasteiger partial charge in [0.05, 0.1) is 6.20 Å². The summed E-state index contributed by atoms with van der Waals surface area (Å²) < 4.78 is 13.7. The van der Waals surface area contributed by atoms with E-state index in [1.165, 1.54) is 6.07 Å². The molecule has 112 valence electrons. The minimum Gasteiger partial charge on any atom is -0.350 e. The number of hydrogen-bond donors (Lipinski definition) is 3. The van der Waals surface area contributed by atoms with Crippen LogP contribution in [0.15, 0.2) is 30.5 Å². The van der Waals surface area contributed by atoms with E-state index in [9.17, 15) is 9.18 Å². The van der Waals surface area contributed by atoms with Gasteiger partial charge in [-0.2, -0.15) is 5.10 Å². The second kappa shape index (κ2) is 4.98. The zero-order chi connectivity index (χ0) is 15.1. The van der Waals surface area contributed by atoms with Crippen LogP contribution in [0.4, 0.5) is 4.39 Å². The average molecular weight is 298 g/mol. The zero-order valence-corrected chi connectivity index (χ0v) is 11.8. The molecule has 3 N–H and O–H groups in total. The van der Waals surface area contributed by atoms with Crippen LogP contribution in [0.5, 0.6) is 0 Å². The number of amides is 1.